The summed E-state index contributed by atoms with van der Waals surface area (Å²) >= 11 is 0. The number of carbonyl (C=O) groups is 2. The van der Waals surface area contributed by atoms with Gasteiger partial charge in [0.1, 0.15) is 12.1 Å². The fourth-order valence-electron chi connectivity index (χ4n) is 2.43. The molecule has 0 spiro atoms. The molecule has 5 heteroatoms. The fraction of sp³-hybridized carbons (Fsp3) is 0.857. The van der Waals surface area contributed by atoms with Crippen LogP contribution in [0.1, 0.15) is 47.5 Å². The summed E-state index contributed by atoms with van der Waals surface area (Å²) in [6.45, 7) is 10.6. The highest BCUT2D eigenvalue weighted by molar-refractivity contribution is 5.96. The first-order chi connectivity index (χ1) is 8.82. The first-order valence-electron chi connectivity index (χ1n) is 7.07. The lowest BCUT2D eigenvalue weighted by molar-refractivity contribution is -0.153. The summed E-state index contributed by atoms with van der Waals surface area (Å²) in [7, 11) is 0. The molecule has 110 valence electrons. The summed E-state index contributed by atoms with van der Waals surface area (Å²) < 4.78 is 5.63. The van der Waals surface area contributed by atoms with Gasteiger partial charge in [0.15, 0.2) is 0 Å². The number of ether oxygens (including phenoxy) is 1. The minimum atomic E-state index is -0.437. The van der Waals surface area contributed by atoms with E-state index >= 15 is 0 Å². The van der Waals surface area contributed by atoms with Gasteiger partial charge in [-0.15, -0.1) is 0 Å². The average Bonchev–Trinajstić information content (AvgIpc) is 2.32. The fourth-order valence-corrected chi connectivity index (χ4v) is 2.43. The molecule has 1 saturated heterocycles. The third-order valence-corrected chi connectivity index (χ3v) is 3.41. The predicted molar refractivity (Wildman–Crippen MR) is 73.7 cm³/mol. The summed E-state index contributed by atoms with van der Waals surface area (Å²) in [5, 5.41) is 2.79. The van der Waals surface area contributed by atoms with Gasteiger partial charge in [0.25, 0.3) is 0 Å². The smallest absolute Gasteiger partial charge is 0.245 e. The van der Waals surface area contributed by atoms with Gasteiger partial charge in [-0.05, 0) is 34.1 Å². The summed E-state index contributed by atoms with van der Waals surface area (Å²) in [5.41, 5.74) is -0.437. The lowest BCUT2D eigenvalue weighted by Gasteiger charge is -2.41. The molecule has 2 atom stereocenters. The lowest BCUT2D eigenvalue weighted by atomic mass is 10.0. The van der Waals surface area contributed by atoms with E-state index in [1.165, 1.54) is 0 Å². The molecule has 0 aromatic rings. The predicted octanol–water partition coefficient (Wildman–Crippen LogP) is 1.32. The summed E-state index contributed by atoms with van der Waals surface area (Å²) in [4.78, 5) is 26.0. The number of rotatable bonds is 6. The van der Waals surface area contributed by atoms with Crippen LogP contribution in [0.15, 0.2) is 0 Å². The lowest BCUT2D eigenvalue weighted by Crippen LogP contribution is -2.64. The highest BCUT2D eigenvalue weighted by Gasteiger charge is 2.39. The molecule has 1 aliphatic heterocycles. The van der Waals surface area contributed by atoms with Crippen molar-refractivity contribution < 1.29 is 14.3 Å². The van der Waals surface area contributed by atoms with E-state index in [1.54, 1.807) is 11.8 Å². The standard InChI is InChI=1S/C14H26N2O3/c1-6-8-11-13(18)16(10(3)12(17)15-11)9-14(4,5)19-7-2/h10-11H,6-9H2,1-5H3,(H,15,17). The van der Waals surface area contributed by atoms with E-state index in [0.717, 1.165) is 6.42 Å². The quantitative estimate of drug-likeness (QED) is 0.792. The largest absolute Gasteiger partial charge is 0.374 e. The molecule has 1 aliphatic rings. The topological polar surface area (TPSA) is 58.6 Å². The molecule has 0 radical (unpaired) electrons. The van der Waals surface area contributed by atoms with E-state index in [-0.39, 0.29) is 17.9 Å². The van der Waals surface area contributed by atoms with Gasteiger partial charge in [-0.3, -0.25) is 9.59 Å². The molecule has 1 fully saturated rings. The van der Waals surface area contributed by atoms with Crippen molar-refractivity contribution in [2.24, 2.45) is 0 Å². The molecule has 2 unspecified atom stereocenters. The van der Waals surface area contributed by atoms with Gasteiger partial charge in [-0.1, -0.05) is 13.3 Å². The highest BCUT2D eigenvalue weighted by atomic mass is 16.5. The SMILES string of the molecule is CCCC1NC(=O)C(C)N(CC(C)(C)OCC)C1=O. The maximum atomic E-state index is 12.4. The summed E-state index contributed by atoms with van der Waals surface area (Å²) in [6, 6.07) is -0.813. The van der Waals surface area contributed by atoms with Crippen LogP contribution in [0.3, 0.4) is 0 Å². The van der Waals surface area contributed by atoms with Crippen molar-refractivity contribution >= 4 is 11.8 Å². The number of nitrogens with one attached hydrogen (secondary N) is 1. The molecule has 0 aromatic carbocycles. The zero-order valence-electron chi connectivity index (χ0n) is 12.7. The van der Waals surface area contributed by atoms with Crippen molar-refractivity contribution in [3.8, 4) is 0 Å². The van der Waals surface area contributed by atoms with Crippen LogP contribution in [0.25, 0.3) is 0 Å². The maximum absolute atomic E-state index is 12.4. The Morgan fingerprint density at radius 2 is 1.95 bits per heavy atom. The normalized spacial score (nSPS) is 24.6. The molecule has 2 amide bonds. The molecule has 1 heterocycles. The maximum Gasteiger partial charge on any atom is 0.245 e. The van der Waals surface area contributed by atoms with Crippen molar-refractivity contribution in [1.29, 1.82) is 0 Å². The Balaban J connectivity index is 2.83. The monoisotopic (exact) mass is 270 g/mol. The van der Waals surface area contributed by atoms with Crippen molar-refractivity contribution in [3.63, 3.8) is 0 Å². The van der Waals surface area contributed by atoms with Gasteiger partial charge in [0.05, 0.1) is 12.1 Å². The van der Waals surface area contributed by atoms with E-state index in [1.807, 2.05) is 27.7 Å². The molecule has 0 aliphatic carbocycles. The van der Waals surface area contributed by atoms with Gasteiger partial charge in [0.2, 0.25) is 11.8 Å². The van der Waals surface area contributed by atoms with Crippen molar-refractivity contribution in [2.45, 2.75) is 65.1 Å². The van der Waals surface area contributed by atoms with Crippen LogP contribution in [-0.4, -0.2) is 47.6 Å². The third kappa shape index (κ3) is 3.93. The van der Waals surface area contributed by atoms with Gasteiger partial charge in [0, 0.05) is 6.61 Å². The van der Waals surface area contributed by atoms with Gasteiger partial charge < -0.3 is 15.0 Å². The Morgan fingerprint density at radius 1 is 1.32 bits per heavy atom. The van der Waals surface area contributed by atoms with Crippen LogP contribution >= 0.6 is 0 Å². The first-order valence-corrected chi connectivity index (χ1v) is 7.07. The van der Waals surface area contributed by atoms with Crippen molar-refractivity contribution in [2.75, 3.05) is 13.2 Å². The third-order valence-electron chi connectivity index (χ3n) is 3.41. The molecular formula is C14H26N2O3. The van der Waals surface area contributed by atoms with Gasteiger partial charge >= 0.3 is 0 Å². The van der Waals surface area contributed by atoms with Crippen molar-refractivity contribution in [1.82, 2.24) is 10.2 Å². The molecule has 1 N–H and O–H groups in total. The second kappa shape index (κ2) is 6.37. The Kier molecular flexibility index (Phi) is 5.35. The van der Waals surface area contributed by atoms with Crippen LogP contribution in [0.2, 0.25) is 0 Å². The van der Waals surface area contributed by atoms with Crippen LogP contribution < -0.4 is 5.32 Å². The van der Waals surface area contributed by atoms with Crippen molar-refractivity contribution in [3.05, 3.63) is 0 Å². The Morgan fingerprint density at radius 3 is 2.47 bits per heavy atom. The number of hydrogen-bond acceptors (Lipinski definition) is 3. The first kappa shape index (κ1) is 16.0. The number of piperazine rings is 1. The van der Waals surface area contributed by atoms with E-state index in [9.17, 15) is 9.59 Å². The molecule has 19 heavy (non-hydrogen) atoms. The number of carbonyl (C=O) groups excluding carboxylic acids is 2. The summed E-state index contributed by atoms with van der Waals surface area (Å²) in [5.74, 6) is -0.0768. The molecule has 5 nitrogen and oxygen atoms in total. The Hall–Kier alpha value is -1.10. The highest BCUT2D eigenvalue weighted by Crippen LogP contribution is 2.19. The molecule has 0 bridgehead atoms. The Bertz CT molecular complexity index is 342. The van der Waals surface area contributed by atoms with Crippen LogP contribution in [0, 0.1) is 0 Å². The second-order valence-corrected chi connectivity index (χ2v) is 5.68. The average molecular weight is 270 g/mol. The van der Waals surface area contributed by atoms with Gasteiger partial charge in [-0.25, -0.2) is 0 Å². The number of hydrogen-bond donors (Lipinski definition) is 1. The van der Waals surface area contributed by atoms with E-state index in [2.05, 4.69) is 5.32 Å². The summed E-state index contributed by atoms with van der Waals surface area (Å²) in [6.07, 6.45) is 1.55. The molecule has 0 saturated carbocycles. The Labute approximate surface area is 115 Å². The zero-order chi connectivity index (χ0) is 14.6. The minimum absolute atomic E-state index is 0.00160. The second-order valence-electron chi connectivity index (χ2n) is 5.68. The number of amides is 2. The van der Waals surface area contributed by atoms with Crippen LogP contribution in [-0.2, 0) is 14.3 Å². The minimum Gasteiger partial charge on any atom is -0.374 e. The molecule has 1 rings (SSSR count). The van der Waals surface area contributed by atoms with Gasteiger partial charge in [-0.2, -0.15) is 0 Å². The number of nitrogens with zero attached hydrogens (tertiary/aromatic N) is 1. The van der Waals surface area contributed by atoms with E-state index < -0.39 is 11.6 Å². The van der Waals surface area contributed by atoms with Crippen LogP contribution in [0.4, 0.5) is 0 Å². The molecular weight excluding hydrogens is 244 g/mol. The molecule has 0 aromatic heterocycles. The van der Waals surface area contributed by atoms with E-state index in [4.69, 9.17) is 4.74 Å². The zero-order valence-corrected chi connectivity index (χ0v) is 12.7. The van der Waals surface area contributed by atoms with Crippen LogP contribution in [0.5, 0.6) is 0 Å². The van der Waals surface area contributed by atoms with E-state index in [0.29, 0.717) is 19.6 Å².